The van der Waals surface area contributed by atoms with Crippen molar-refractivity contribution >= 4 is 15.8 Å². The third kappa shape index (κ3) is 2.09. The van der Waals surface area contributed by atoms with Crippen LogP contribution in [0.5, 0.6) is 0 Å². The summed E-state index contributed by atoms with van der Waals surface area (Å²) in [5.74, 6) is -0.783. The van der Waals surface area contributed by atoms with Crippen molar-refractivity contribution in [3.63, 3.8) is 0 Å². The fraction of sp³-hybridized carbons (Fsp3) is 0.364. The summed E-state index contributed by atoms with van der Waals surface area (Å²) in [5, 5.41) is 8.99. The van der Waals surface area contributed by atoms with Gasteiger partial charge in [0.15, 0.2) is 9.84 Å². The summed E-state index contributed by atoms with van der Waals surface area (Å²) in [5.41, 5.74) is 0.866. The van der Waals surface area contributed by atoms with Gasteiger partial charge in [-0.25, -0.2) is 13.2 Å². The topological polar surface area (TPSA) is 71.4 Å². The molecule has 16 heavy (non-hydrogen) atoms. The molecule has 1 aromatic rings. The molecule has 0 spiro atoms. The van der Waals surface area contributed by atoms with Gasteiger partial charge in [-0.1, -0.05) is 0 Å². The summed E-state index contributed by atoms with van der Waals surface area (Å²) in [6.45, 7) is 0. The summed E-state index contributed by atoms with van der Waals surface area (Å²) in [6, 6.07) is 4.23. The molecule has 1 N–H and O–H groups in total. The Morgan fingerprint density at radius 1 is 1.38 bits per heavy atom. The number of rotatable bonds is 3. The lowest BCUT2D eigenvalue weighted by Gasteiger charge is -2.06. The first kappa shape index (κ1) is 11.1. The highest BCUT2D eigenvalue weighted by atomic mass is 32.2. The van der Waals surface area contributed by atoms with Crippen LogP contribution in [0, 0.1) is 0 Å². The Kier molecular flexibility index (Phi) is 2.50. The number of carboxylic acids is 1. The molecule has 1 saturated carbocycles. The number of carbonyl (C=O) groups is 1. The van der Waals surface area contributed by atoms with Gasteiger partial charge in [0.05, 0.1) is 10.5 Å². The number of carboxylic acid groups (broad SMARTS) is 1. The van der Waals surface area contributed by atoms with Crippen molar-refractivity contribution in [1.29, 1.82) is 0 Å². The molecular formula is C11H12O4S. The second-order valence-corrected chi connectivity index (χ2v) is 6.12. The minimum atomic E-state index is -3.27. The molecule has 0 radical (unpaired) electrons. The Balaban J connectivity index is 2.56. The standard InChI is InChI=1S/C11H12O4S/c1-16(14,15)8-4-5-9(11(12)13)10(6-8)7-2-3-7/h4-7H,2-3H2,1H3,(H,12,13). The first-order chi connectivity index (χ1) is 7.39. The zero-order valence-electron chi connectivity index (χ0n) is 8.80. The van der Waals surface area contributed by atoms with E-state index in [9.17, 15) is 13.2 Å². The lowest BCUT2D eigenvalue weighted by atomic mass is 10.0. The van der Waals surface area contributed by atoms with Crippen LogP contribution in [0.2, 0.25) is 0 Å². The summed E-state index contributed by atoms with van der Waals surface area (Å²) >= 11 is 0. The Bertz CT molecular complexity index is 541. The minimum absolute atomic E-state index is 0.194. The van der Waals surface area contributed by atoms with Crippen LogP contribution in [0.25, 0.3) is 0 Å². The van der Waals surface area contributed by atoms with Crippen LogP contribution >= 0.6 is 0 Å². The van der Waals surface area contributed by atoms with Crippen LogP contribution in [0.1, 0.15) is 34.7 Å². The third-order valence-corrected chi connectivity index (χ3v) is 3.81. The lowest BCUT2D eigenvalue weighted by molar-refractivity contribution is 0.0695. The molecule has 86 valence electrons. The van der Waals surface area contributed by atoms with Gasteiger partial charge in [0.25, 0.3) is 0 Å². The van der Waals surface area contributed by atoms with Crippen molar-refractivity contribution in [1.82, 2.24) is 0 Å². The van der Waals surface area contributed by atoms with Crippen molar-refractivity contribution in [2.75, 3.05) is 6.26 Å². The van der Waals surface area contributed by atoms with Gasteiger partial charge in [0.2, 0.25) is 0 Å². The summed E-state index contributed by atoms with van der Waals surface area (Å²) in [4.78, 5) is 11.2. The molecule has 0 unspecified atom stereocenters. The first-order valence-electron chi connectivity index (χ1n) is 4.97. The van der Waals surface area contributed by atoms with Gasteiger partial charge in [0.1, 0.15) is 0 Å². The van der Waals surface area contributed by atoms with Crippen LogP contribution in [0.3, 0.4) is 0 Å². The maximum Gasteiger partial charge on any atom is 0.335 e. The molecule has 4 nitrogen and oxygen atoms in total. The highest BCUT2D eigenvalue weighted by Gasteiger charge is 2.29. The average molecular weight is 240 g/mol. The average Bonchev–Trinajstić information content (AvgIpc) is 2.98. The monoisotopic (exact) mass is 240 g/mol. The predicted octanol–water partition coefficient (Wildman–Crippen LogP) is 1.67. The smallest absolute Gasteiger partial charge is 0.335 e. The molecular weight excluding hydrogens is 228 g/mol. The van der Waals surface area contributed by atoms with Gasteiger partial charge < -0.3 is 5.11 Å². The number of hydrogen-bond acceptors (Lipinski definition) is 3. The van der Waals surface area contributed by atoms with Gasteiger partial charge >= 0.3 is 5.97 Å². The van der Waals surface area contributed by atoms with Crippen molar-refractivity contribution in [3.8, 4) is 0 Å². The molecule has 5 heteroatoms. The van der Waals surface area contributed by atoms with Crippen LogP contribution < -0.4 is 0 Å². The van der Waals surface area contributed by atoms with Gasteiger partial charge in [0, 0.05) is 6.26 Å². The second kappa shape index (κ2) is 3.59. The third-order valence-electron chi connectivity index (χ3n) is 2.70. The Morgan fingerprint density at radius 3 is 2.44 bits per heavy atom. The zero-order valence-corrected chi connectivity index (χ0v) is 9.62. The molecule has 1 fully saturated rings. The molecule has 0 atom stereocenters. The summed E-state index contributed by atoms with van der Waals surface area (Å²) in [7, 11) is -3.27. The molecule has 1 aliphatic rings. The van der Waals surface area contributed by atoms with E-state index in [2.05, 4.69) is 0 Å². The van der Waals surface area contributed by atoms with E-state index in [1.54, 1.807) is 0 Å². The van der Waals surface area contributed by atoms with Crippen molar-refractivity contribution in [3.05, 3.63) is 29.3 Å². The molecule has 1 aromatic carbocycles. The SMILES string of the molecule is CS(=O)(=O)c1ccc(C(=O)O)c(C2CC2)c1. The minimum Gasteiger partial charge on any atom is -0.478 e. The van der Waals surface area contributed by atoms with Crippen LogP contribution in [0.4, 0.5) is 0 Å². The van der Waals surface area contributed by atoms with E-state index in [4.69, 9.17) is 5.11 Å². The predicted molar refractivity (Wildman–Crippen MR) is 58.5 cm³/mol. The lowest BCUT2D eigenvalue weighted by Crippen LogP contribution is -2.05. The fourth-order valence-corrected chi connectivity index (χ4v) is 2.35. The first-order valence-corrected chi connectivity index (χ1v) is 6.86. The Hall–Kier alpha value is -1.36. The number of benzene rings is 1. The Labute approximate surface area is 93.8 Å². The number of sulfone groups is 1. The molecule has 0 saturated heterocycles. The van der Waals surface area contributed by atoms with E-state index in [-0.39, 0.29) is 16.4 Å². The molecule has 0 bridgehead atoms. The van der Waals surface area contributed by atoms with Crippen LogP contribution in [0.15, 0.2) is 23.1 Å². The molecule has 0 heterocycles. The maximum atomic E-state index is 11.4. The number of aromatic carboxylic acids is 1. The van der Waals surface area contributed by atoms with Gasteiger partial charge in [-0.2, -0.15) is 0 Å². The summed E-state index contributed by atoms with van der Waals surface area (Å²) in [6.07, 6.45) is 3.00. The number of hydrogen-bond donors (Lipinski definition) is 1. The van der Waals surface area contributed by atoms with Crippen molar-refractivity contribution < 1.29 is 18.3 Å². The second-order valence-electron chi connectivity index (χ2n) is 4.10. The molecule has 0 amide bonds. The molecule has 0 aliphatic heterocycles. The maximum absolute atomic E-state index is 11.4. The van der Waals surface area contributed by atoms with Gasteiger partial charge in [-0.05, 0) is 42.5 Å². The van der Waals surface area contributed by atoms with E-state index < -0.39 is 15.8 Å². The molecule has 0 aromatic heterocycles. The van der Waals surface area contributed by atoms with Gasteiger partial charge in [-0.15, -0.1) is 0 Å². The summed E-state index contributed by atoms with van der Waals surface area (Å²) < 4.78 is 22.7. The van der Waals surface area contributed by atoms with Crippen LogP contribution in [-0.4, -0.2) is 25.7 Å². The van der Waals surface area contributed by atoms with E-state index in [1.165, 1.54) is 18.2 Å². The van der Waals surface area contributed by atoms with E-state index >= 15 is 0 Å². The van der Waals surface area contributed by atoms with E-state index in [0.29, 0.717) is 5.56 Å². The highest BCUT2D eigenvalue weighted by molar-refractivity contribution is 7.90. The fourth-order valence-electron chi connectivity index (χ4n) is 1.70. The van der Waals surface area contributed by atoms with Crippen LogP contribution in [-0.2, 0) is 9.84 Å². The van der Waals surface area contributed by atoms with Crippen molar-refractivity contribution in [2.24, 2.45) is 0 Å². The highest BCUT2D eigenvalue weighted by Crippen LogP contribution is 2.42. The molecule has 1 aliphatic carbocycles. The van der Waals surface area contributed by atoms with Gasteiger partial charge in [-0.3, -0.25) is 0 Å². The zero-order chi connectivity index (χ0) is 11.9. The quantitative estimate of drug-likeness (QED) is 0.872. The van der Waals surface area contributed by atoms with E-state index in [0.717, 1.165) is 19.1 Å². The Morgan fingerprint density at radius 2 is 2.00 bits per heavy atom. The normalized spacial score (nSPS) is 16.1. The van der Waals surface area contributed by atoms with Crippen molar-refractivity contribution in [2.45, 2.75) is 23.7 Å². The molecule has 2 rings (SSSR count). The van der Waals surface area contributed by atoms with E-state index in [1.807, 2.05) is 0 Å². The largest absolute Gasteiger partial charge is 0.478 e.